The van der Waals surface area contributed by atoms with Crippen LogP contribution in [-0.4, -0.2) is 29.5 Å². The number of aromatic nitrogens is 2. The number of carbonyl (C=O) groups excluding carboxylic acids is 1. The number of urea groups is 1. The SMILES string of the molecule is COc1ccccc1NC(=O)NCCCn1ncccc1=O. The third kappa shape index (κ3) is 4.34. The van der Waals surface area contributed by atoms with E-state index in [0.717, 1.165) is 0 Å². The molecule has 7 heteroatoms. The lowest BCUT2D eigenvalue weighted by atomic mass is 10.3. The highest BCUT2D eigenvalue weighted by Gasteiger charge is 2.05. The van der Waals surface area contributed by atoms with E-state index in [1.807, 2.05) is 12.1 Å². The minimum absolute atomic E-state index is 0.152. The maximum absolute atomic E-state index is 11.8. The molecule has 7 nitrogen and oxygen atoms in total. The number of anilines is 1. The molecule has 0 aliphatic carbocycles. The summed E-state index contributed by atoms with van der Waals surface area (Å²) in [6.45, 7) is 0.888. The molecule has 0 saturated carbocycles. The largest absolute Gasteiger partial charge is 0.495 e. The second-order valence-corrected chi connectivity index (χ2v) is 4.52. The van der Waals surface area contributed by atoms with Crippen LogP contribution in [0.4, 0.5) is 10.5 Å². The highest BCUT2D eigenvalue weighted by molar-refractivity contribution is 5.90. The molecule has 0 atom stereocenters. The van der Waals surface area contributed by atoms with Gasteiger partial charge < -0.3 is 15.4 Å². The van der Waals surface area contributed by atoms with Gasteiger partial charge in [0.25, 0.3) is 5.56 Å². The third-order valence-electron chi connectivity index (χ3n) is 2.97. The molecule has 2 rings (SSSR count). The van der Waals surface area contributed by atoms with Gasteiger partial charge in [-0.05, 0) is 24.6 Å². The van der Waals surface area contributed by atoms with E-state index in [-0.39, 0.29) is 11.6 Å². The molecule has 116 valence electrons. The van der Waals surface area contributed by atoms with Crippen LogP contribution >= 0.6 is 0 Å². The molecule has 0 radical (unpaired) electrons. The summed E-state index contributed by atoms with van der Waals surface area (Å²) in [6, 6.07) is 9.89. The van der Waals surface area contributed by atoms with Crippen molar-refractivity contribution in [3.8, 4) is 5.75 Å². The topological polar surface area (TPSA) is 85.2 Å². The Bertz CT molecular complexity index is 684. The average molecular weight is 302 g/mol. The van der Waals surface area contributed by atoms with Crippen LogP contribution in [0.5, 0.6) is 5.75 Å². The van der Waals surface area contributed by atoms with Crippen molar-refractivity contribution in [3.63, 3.8) is 0 Å². The molecular formula is C15H18N4O3. The molecule has 1 aromatic heterocycles. The van der Waals surface area contributed by atoms with Crippen LogP contribution in [-0.2, 0) is 6.54 Å². The number of carbonyl (C=O) groups is 1. The molecule has 1 heterocycles. The Morgan fingerprint density at radius 3 is 2.86 bits per heavy atom. The van der Waals surface area contributed by atoms with E-state index in [1.54, 1.807) is 31.5 Å². The van der Waals surface area contributed by atoms with E-state index in [4.69, 9.17) is 4.74 Å². The fourth-order valence-corrected chi connectivity index (χ4v) is 1.90. The lowest BCUT2D eigenvalue weighted by molar-refractivity contribution is 0.251. The number of benzene rings is 1. The molecule has 2 amide bonds. The summed E-state index contributed by atoms with van der Waals surface area (Å²) in [5.41, 5.74) is 0.449. The van der Waals surface area contributed by atoms with Gasteiger partial charge in [0, 0.05) is 25.4 Å². The Labute approximate surface area is 127 Å². The zero-order valence-corrected chi connectivity index (χ0v) is 12.3. The fourth-order valence-electron chi connectivity index (χ4n) is 1.90. The zero-order valence-electron chi connectivity index (χ0n) is 12.3. The van der Waals surface area contributed by atoms with Gasteiger partial charge in [0.2, 0.25) is 0 Å². The summed E-state index contributed by atoms with van der Waals surface area (Å²) in [5, 5.41) is 9.38. The van der Waals surface area contributed by atoms with Crippen LogP contribution in [0.15, 0.2) is 47.4 Å². The molecule has 1 aromatic carbocycles. The number of hydrogen-bond donors (Lipinski definition) is 2. The molecule has 0 fully saturated rings. The average Bonchev–Trinajstić information content (AvgIpc) is 2.53. The third-order valence-corrected chi connectivity index (χ3v) is 2.97. The van der Waals surface area contributed by atoms with Crippen molar-refractivity contribution in [3.05, 3.63) is 52.9 Å². The number of rotatable bonds is 6. The van der Waals surface area contributed by atoms with Gasteiger partial charge in [0.1, 0.15) is 5.75 Å². The molecule has 0 aliphatic rings. The highest BCUT2D eigenvalue weighted by atomic mass is 16.5. The van der Waals surface area contributed by atoms with Gasteiger partial charge in [-0.15, -0.1) is 0 Å². The maximum Gasteiger partial charge on any atom is 0.319 e. The van der Waals surface area contributed by atoms with Crippen molar-refractivity contribution in [1.29, 1.82) is 0 Å². The first-order valence-electron chi connectivity index (χ1n) is 6.90. The summed E-state index contributed by atoms with van der Waals surface area (Å²) < 4.78 is 6.51. The quantitative estimate of drug-likeness (QED) is 0.791. The van der Waals surface area contributed by atoms with Gasteiger partial charge in [-0.1, -0.05) is 12.1 Å². The van der Waals surface area contributed by atoms with Gasteiger partial charge >= 0.3 is 6.03 Å². The van der Waals surface area contributed by atoms with Crippen molar-refractivity contribution in [2.24, 2.45) is 0 Å². The van der Waals surface area contributed by atoms with Gasteiger partial charge in [0.05, 0.1) is 12.8 Å². The smallest absolute Gasteiger partial charge is 0.319 e. The molecule has 2 aromatic rings. The Morgan fingerprint density at radius 1 is 1.27 bits per heavy atom. The minimum atomic E-state index is -0.321. The molecule has 0 unspecified atom stereocenters. The second-order valence-electron chi connectivity index (χ2n) is 4.52. The lowest BCUT2D eigenvalue weighted by Gasteiger charge is -2.11. The molecule has 0 bridgehead atoms. The summed E-state index contributed by atoms with van der Waals surface area (Å²) in [7, 11) is 1.54. The number of nitrogens with zero attached hydrogens (tertiary/aromatic N) is 2. The number of amides is 2. The number of nitrogens with one attached hydrogen (secondary N) is 2. The predicted molar refractivity (Wildman–Crippen MR) is 83.1 cm³/mol. The predicted octanol–water partition coefficient (Wildman–Crippen LogP) is 1.46. The van der Waals surface area contributed by atoms with Crippen LogP contribution < -0.4 is 20.9 Å². The lowest BCUT2D eigenvalue weighted by Crippen LogP contribution is -2.31. The monoisotopic (exact) mass is 302 g/mol. The van der Waals surface area contributed by atoms with Gasteiger partial charge in [0.15, 0.2) is 0 Å². The van der Waals surface area contributed by atoms with Crippen LogP contribution in [0.1, 0.15) is 6.42 Å². The summed E-state index contributed by atoms with van der Waals surface area (Å²) in [5.74, 6) is 0.595. The normalized spacial score (nSPS) is 10.0. The Kier molecular flexibility index (Phi) is 5.53. The molecule has 2 N–H and O–H groups in total. The van der Waals surface area contributed by atoms with Gasteiger partial charge in [-0.25, -0.2) is 9.48 Å². The van der Waals surface area contributed by atoms with Crippen LogP contribution in [0.25, 0.3) is 0 Å². The van der Waals surface area contributed by atoms with Crippen molar-refractivity contribution >= 4 is 11.7 Å². The van der Waals surface area contributed by atoms with E-state index in [9.17, 15) is 9.59 Å². The first kappa shape index (κ1) is 15.6. The van der Waals surface area contributed by atoms with Crippen molar-refractivity contribution in [2.75, 3.05) is 19.0 Å². The van der Waals surface area contributed by atoms with E-state index in [1.165, 1.54) is 10.7 Å². The van der Waals surface area contributed by atoms with Crippen molar-refractivity contribution in [1.82, 2.24) is 15.1 Å². The molecule has 22 heavy (non-hydrogen) atoms. The number of hydrogen-bond acceptors (Lipinski definition) is 4. The number of methoxy groups -OCH3 is 1. The van der Waals surface area contributed by atoms with E-state index < -0.39 is 0 Å². The Hall–Kier alpha value is -2.83. The second kappa shape index (κ2) is 7.82. The summed E-state index contributed by atoms with van der Waals surface area (Å²) in [6.07, 6.45) is 2.17. The molecule has 0 saturated heterocycles. The Morgan fingerprint density at radius 2 is 2.09 bits per heavy atom. The Balaban J connectivity index is 1.76. The van der Waals surface area contributed by atoms with Gasteiger partial charge in [-0.2, -0.15) is 5.10 Å². The van der Waals surface area contributed by atoms with Crippen molar-refractivity contribution < 1.29 is 9.53 Å². The highest BCUT2D eigenvalue weighted by Crippen LogP contribution is 2.22. The van der Waals surface area contributed by atoms with Crippen LogP contribution in [0.3, 0.4) is 0 Å². The summed E-state index contributed by atoms with van der Waals surface area (Å²) in [4.78, 5) is 23.2. The molecule has 0 aliphatic heterocycles. The molecular weight excluding hydrogens is 284 g/mol. The maximum atomic E-state index is 11.8. The standard InChI is InChI=1S/C15H18N4O3/c1-22-13-7-3-2-6-12(13)18-15(21)16-9-5-11-19-14(20)8-4-10-17-19/h2-4,6-8,10H,5,9,11H2,1H3,(H2,16,18,21). The number of aryl methyl sites for hydroxylation is 1. The first-order valence-corrected chi connectivity index (χ1v) is 6.90. The fraction of sp³-hybridized carbons (Fsp3) is 0.267. The van der Waals surface area contributed by atoms with E-state index in [2.05, 4.69) is 15.7 Å². The van der Waals surface area contributed by atoms with E-state index >= 15 is 0 Å². The van der Waals surface area contributed by atoms with Crippen LogP contribution in [0, 0.1) is 0 Å². The number of para-hydroxylation sites is 2. The molecule has 0 spiro atoms. The number of ether oxygens (including phenoxy) is 1. The van der Waals surface area contributed by atoms with Crippen molar-refractivity contribution in [2.45, 2.75) is 13.0 Å². The van der Waals surface area contributed by atoms with E-state index in [0.29, 0.717) is 30.9 Å². The minimum Gasteiger partial charge on any atom is -0.495 e. The summed E-state index contributed by atoms with van der Waals surface area (Å²) >= 11 is 0. The van der Waals surface area contributed by atoms with Gasteiger partial charge in [-0.3, -0.25) is 4.79 Å². The zero-order chi connectivity index (χ0) is 15.8. The van der Waals surface area contributed by atoms with Crippen LogP contribution in [0.2, 0.25) is 0 Å². The first-order chi connectivity index (χ1) is 10.7.